The van der Waals surface area contributed by atoms with Gasteiger partial charge >= 0.3 is 0 Å². The van der Waals surface area contributed by atoms with E-state index in [4.69, 9.17) is 0 Å². The van der Waals surface area contributed by atoms with Gasteiger partial charge in [0.15, 0.2) is 5.78 Å². The lowest BCUT2D eigenvalue weighted by Gasteiger charge is -1.93. The van der Waals surface area contributed by atoms with Gasteiger partial charge in [-0.15, -0.1) is 0 Å². The van der Waals surface area contributed by atoms with Gasteiger partial charge in [0, 0.05) is 6.20 Å². The molecule has 0 atom stereocenters. The minimum atomic E-state index is 0.135. The monoisotopic (exact) mass is 212 g/mol. The molecule has 1 aromatic rings. The van der Waals surface area contributed by atoms with Crippen molar-refractivity contribution in [3.63, 3.8) is 0 Å². The summed E-state index contributed by atoms with van der Waals surface area (Å²) in [5, 5.41) is 4.02. The predicted molar refractivity (Wildman–Crippen MR) is 65.0 cm³/mol. The summed E-state index contributed by atoms with van der Waals surface area (Å²) in [6, 6.07) is 0. The van der Waals surface area contributed by atoms with Crippen LogP contribution >= 0.6 is 0 Å². The number of aryl methyl sites for hydroxylation is 1. The van der Waals surface area contributed by atoms with Gasteiger partial charge in [0.1, 0.15) is 0 Å². The molecule has 0 saturated carbocycles. The Hall–Kier alpha value is -1.12. The van der Waals surface area contributed by atoms with E-state index in [-0.39, 0.29) is 5.78 Å². The summed E-state index contributed by atoms with van der Waals surface area (Å²) in [5.74, 6) is 0.135. The summed E-state index contributed by atoms with van der Waals surface area (Å²) < 4.78 is 1.67. The maximum absolute atomic E-state index is 10.6. The molecule has 0 aliphatic carbocycles. The summed E-state index contributed by atoms with van der Waals surface area (Å²) in [6.45, 7) is 12.0. The molecule has 0 amide bonds. The molecule has 1 aromatic heterocycles. The Kier molecular flexibility index (Phi) is 11.9. The minimum Gasteiger partial charge on any atom is -0.298 e. The molecule has 0 spiro atoms. The molecule has 3 heteroatoms. The van der Waals surface area contributed by atoms with E-state index in [1.54, 1.807) is 17.8 Å². The van der Waals surface area contributed by atoms with E-state index < -0.39 is 0 Å². The zero-order chi connectivity index (χ0) is 12.3. The summed E-state index contributed by atoms with van der Waals surface area (Å²) >= 11 is 0. The third kappa shape index (κ3) is 7.91. The molecule has 0 aromatic carbocycles. The van der Waals surface area contributed by atoms with Crippen molar-refractivity contribution >= 4 is 5.78 Å². The minimum absolute atomic E-state index is 0.135. The Balaban J connectivity index is 0. The Labute approximate surface area is 93.5 Å². The number of ketones is 1. The van der Waals surface area contributed by atoms with Crippen LogP contribution in [-0.2, 0) is 17.8 Å². The first-order chi connectivity index (χ1) is 7.22. The SMILES string of the molecule is CC.CC.CCc1cnn(CC(C)=O)c1. The second-order valence-electron chi connectivity index (χ2n) is 2.60. The van der Waals surface area contributed by atoms with Gasteiger partial charge in [0.2, 0.25) is 0 Å². The third-order valence-electron chi connectivity index (χ3n) is 1.48. The normalized spacial score (nSPS) is 8.13. The number of carbonyl (C=O) groups excluding carboxylic acids is 1. The average molecular weight is 212 g/mol. The van der Waals surface area contributed by atoms with Crippen molar-refractivity contribution < 1.29 is 4.79 Å². The molecule has 0 radical (unpaired) electrons. The van der Waals surface area contributed by atoms with Gasteiger partial charge in [0.05, 0.1) is 12.7 Å². The Morgan fingerprint density at radius 1 is 1.33 bits per heavy atom. The third-order valence-corrected chi connectivity index (χ3v) is 1.48. The zero-order valence-corrected chi connectivity index (χ0v) is 10.9. The van der Waals surface area contributed by atoms with Crippen molar-refractivity contribution in [1.82, 2.24) is 9.78 Å². The molecule has 0 fully saturated rings. The predicted octanol–water partition coefficient (Wildman–Crippen LogP) is 3.09. The van der Waals surface area contributed by atoms with Crippen molar-refractivity contribution in [2.45, 2.75) is 54.5 Å². The smallest absolute Gasteiger partial charge is 0.151 e. The fraction of sp³-hybridized carbons (Fsp3) is 0.667. The molecular weight excluding hydrogens is 188 g/mol. The van der Waals surface area contributed by atoms with Gasteiger partial charge < -0.3 is 0 Å². The van der Waals surface area contributed by atoms with Crippen LogP contribution in [0.25, 0.3) is 0 Å². The van der Waals surface area contributed by atoms with Gasteiger partial charge in [-0.1, -0.05) is 34.6 Å². The Morgan fingerprint density at radius 3 is 2.20 bits per heavy atom. The highest BCUT2D eigenvalue weighted by Gasteiger charge is 1.97. The Morgan fingerprint density at radius 2 is 1.87 bits per heavy atom. The lowest BCUT2D eigenvalue weighted by atomic mass is 10.3. The lowest BCUT2D eigenvalue weighted by Crippen LogP contribution is -2.05. The van der Waals surface area contributed by atoms with Crippen LogP contribution in [0.15, 0.2) is 12.4 Å². The van der Waals surface area contributed by atoms with Crippen LogP contribution in [0.1, 0.15) is 47.1 Å². The van der Waals surface area contributed by atoms with Crippen LogP contribution in [0.5, 0.6) is 0 Å². The van der Waals surface area contributed by atoms with Crippen molar-refractivity contribution in [2.24, 2.45) is 0 Å². The maximum Gasteiger partial charge on any atom is 0.151 e. The standard InChI is InChI=1S/C8H12N2O.2C2H6/c1-3-8-4-9-10(6-8)5-7(2)11;2*1-2/h4,6H,3,5H2,1-2H3;2*1-2H3. The van der Waals surface area contributed by atoms with Crippen LogP contribution in [0.4, 0.5) is 0 Å². The molecule has 3 nitrogen and oxygen atoms in total. The van der Waals surface area contributed by atoms with Crippen molar-refractivity contribution in [3.05, 3.63) is 18.0 Å². The first-order valence-corrected chi connectivity index (χ1v) is 5.73. The van der Waals surface area contributed by atoms with Crippen molar-refractivity contribution in [2.75, 3.05) is 0 Å². The number of hydrogen-bond donors (Lipinski definition) is 0. The highest BCUT2D eigenvalue weighted by molar-refractivity contribution is 5.75. The summed E-state index contributed by atoms with van der Waals surface area (Å²) in [7, 11) is 0. The molecule has 0 N–H and O–H groups in total. The fourth-order valence-electron chi connectivity index (χ4n) is 0.904. The van der Waals surface area contributed by atoms with Crippen molar-refractivity contribution in [1.29, 1.82) is 0 Å². The molecule has 0 bridgehead atoms. The second-order valence-corrected chi connectivity index (χ2v) is 2.60. The van der Waals surface area contributed by atoms with Gasteiger partial charge in [0.25, 0.3) is 0 Å². The van der Waals surface area contributed by atoms with Crippen LogP contribution in [0.3, 0.4) is 0 Å². The average Bonchev–Trinajstić information content (AvgIpc) is 2.70. The number of rotatable bonds is 3. The van der Waals surface area contributed by atoms with Gasteiger partial charge in [-0.2, -0.15) is 5.10 Å². The largest absolute Gasteiger partial charge is 0.298 e. The Bertz CT molecular complexity index is 254. The van der Waals surface area contributed by atoms with Gasteiger partial charge in [-0.3, -0.25) is 9.48 Å². The summed E-state index contributed by atoms with van der Waals surface area (Å²) in [4.78, 5) is 10.6. The van der Waals surface area contributed by atoms with E-state index >= 15 is 0 Å². The number of nitrogens with zero attached hydrogens (tertiary/aromatic N) is 2. The highest BCUT2D eigenvalue weighted by Crippen LogP contribution is 1.97. The van der Waals surface area contributed by atoms with E-state index in [0.717, 1.165) is 6.42 Å². The van der Waals surface area contributed by atoms with Crippen LogP contribution in [0.2, 0.25) is 0 Å². The molecule has 1 rings (SSSR count). The lowest BCUT2D eigenvalue weighted by molar-refractivity contribution is -0.117. The van der Waals surface area contributed by atoms with Crippen molar-refractivity contribution in [3.8, 4) is 0 Å². The van der Waals surface area contributed by atoms with Crippen LogP contribution in [0, 0.1) is 0 Å². The van der Waals surface area contributed by atoms with E-state index in [9.17, 15) is 4.79 Å². The topological polar surface area (TPSA) is 34.9 Å². The molecule has 88 valence electrons. The van der Waals surface area contributed by atoms with E-state index in [1.807, 2.05) is 33.9 Å². The highest BCUT2D eigenvalue weighted by atomic mass is 16.1. The van der Waals surface area contributed by atoms with Gasteiger partial charge in [-0.25, -0.2) is 0 Å². The molecule has 0 aliphatic heterocycles. The first-order valence-electron chi connectivity index (χ1n) is 5.73. The number of aromatic nitrogens is 2. The maximum atomic E-state index is 10.6. The fourth-order valence-corrected chi connectivity index (χ4v) is 0.904. The zero-order valence-electron chi connectivity index (χ0n) is 10.9. The molecule has 0 saturated heterocycles. The van der Waals surface area contributed by atoms with Gasteiger partial charge in [-0.05, 0) is 18.9 Å². The molecular formula is C12H24N2O. The number of carbonyl (C=O) groups is 1. The van der Waals surface area contributed by atoms with E-state index in [1.165, 1.54) is 5.56 Å². The van der Waals surface area contributed by atoms with E-state index in [2.05, 4.69) is 12.0 Å². The number of Topliss-reactive ketones (excluding diaryl/α,β-unsaturated/α-hetero) is 1. The van der Waals surface area contributed by atoms with Crippen LogP contribution < -0.4 is 0 Å². The second kappa shape index (κ2) is 11.0. The van der Waals surface area contributed by atoms with E-state index in [0.29, 0.717) is 6.54 Å². The quantitative estimate of drug-likeness (QED) is 0.771. The summed E-state index contributed by atoms with van der Waals surface area (Å²) in [5.41, 5.74) is 1.17. The molecule has 0 aliphatic rings. The number of hydrogen-bond acceptors (Lipinski definition) is 2. The molecule has 0 unspecified atom stereocenters. The molecule has 1 heterocycles. The summed E-state index contributed by atoms with van der Waals surface area (Å²) in [6.07, 6.45) is 4.67. The van der Waals surface area contributed by atoms with Crippen LogP contribution in [-0.4, -0.2) is 15.6 Å². The molecule has 15 heavy (non-hydrogen) atoms. The first kappa shape index (κ1) is 16.3.